The van der Waals surface area contributed by atoms with Crippen LogP contribution < -0.4 is 0 Å². The molecule has 2 nitrogen and oxygen atoms in total. The van der Waals surface area contributed by atoms with Crippen LogP contribution in [0.5, 0.6) is 11.5 Å². The minimum atomic E-state index is -0.506. The predicted octanol–water partition coefficient (Wildman–Crippen LogP) is 4.88. The molecule has 2 N–H and O–H groups in total. The van der Waals surface area contributed by atoms with E-state index in [0.29, 0.717) is 0 Å². The second kappa shape index (κ2) is 6.74. The number of benzene rings is 2. The Morgan fingerprint density at radius 3 is 1.52 bits per heavy atom. The smallest absolute Gasteiger partial charge is 0.119 e. The number of phenols is 2. The van der Waals surface area contributed by atoms with E-state index in [1.54, 1.807) is 12.1 Å². The number of phenolic OH excluding ortho intramolecular Hbond substituents is 2. The van der Waals surface area contributed by atoms with E-state index < -0.39 is 5.41 Å². The van der Waals surface area contributed by atoms with Crippen molar-refractivity contribution in [1.29, 1.82) is 0 Å². The Morgan fingerprint density at radius 1 is 0.826 bits per heavy atom. The summed E-state index contributed by atoms with van der Waals surface area (Å²) in [7, 11) is 0. The van der Waals surface area contributed by atoms with Gasteiger partial charge in [0.05, 0.1) is 0 Å². The number of hydrogen-bond donors (Lipinski definition) is 2. The van der Waals surface area contributed by atoms with E-state index in [9.17, 15) is 10.2 Å². The minimum absolute atomic E-state index is 0.240. The lowest BCUT2D eigenvalue weighted by Crippen LogP contribution is -2.19. The summed E-state index contributed by atoms with van der Waals surface area (Å²) in [4.78, 5) is 0. The molecule has 0 aliphatic heterocycles. The molecule has 0 aliphatic carbocycles. The van der Waals surface area contributed by atoms with Gasteiger partial charge in [0, 0.05) is 16.5 Å². The fourth-order valence-corrected chi connectivity index (χ4v) is 2.94. The highest BCUT2D eigenvalue weighted by molar-refractivity contribution is 5.52. The summed E-state index contributed by atoms with van der Waals surface area (Å²) < 4.78 is 0. The van der Waals surface area contributed by atoms with Crippen LogP contribution in [0.4, 0.5) is 0 Å². The molecule has 0 spiro atoms. The van der Waals surface area contributed by atoms with Gasteiger partial charge in [0.25, 0.3) is 0 Å². The summed E-state index contributed by atoms with van der Waals surface area (Å²) in [6, 6.07) is 11.4. The topological polar surface area (TPSA) is 40.5 Å². The summed E-state index contributed by atoms with van der Waals surface area (Å²) in [5.41, 5.74) is 3.10. The third-order valence-corrected chi connectivity index (χ3v) is 4.23. The second-order valence-electron chi connectivity index (χ2n) is 6.31. The first-order valence-corrected chi connectivity index (χ1v) is 7.76. The molecular weight excluding hydrogens is 284 g/mol. The first kappa shape index (κ1) is 16.9. The Morgan fingerprint density at radius 2 is 1.22 bits per heavy atom. The molecule has 0 aliphatic rings. The van der Waals surface area contributed by atoms with Crippen LogP contribution in [-0.2, 0) is 18.3 Å². The highest BCUT2D eigenvalue weighted by atomic mass is 16.3. The second-order valence-corrected chi connectivity index (χ2v) is 6.31. The van der Waals surface area contributed by atoms with Crippen LogP contribution in [-0.4, -0.2) is 10.2 Å². The molecule has 0 atom stereocenters. The van der Waals surface area contributed by atoms with Gasteiger partial charge in [-0.25, -0.2) is 0 Å². The van der Waals surface area contributed by atoms with Gasteiger partial charge in [-0.1, -0.05) is 50.3 Å². The van der Waals surface area contributed by atoms with Gasteiger partial charge in [0.1, 0.15) is 11.5 Å². The first-order valence-electron chi connectivity index (χ1n) is 7.76. The number of hydrogen-bond acceptors (Lipinski definition) is 2. The SMILES string of the molecule is C=CCc1ccc(C(C)(C)c2ccc(CC=C)cc2O)c(O)c1. The number of aromatic hydroxyl groups is 2. The monoisotopic (exact) mass is 308 g/mol. The lowest BCUT2D eigenvalue weighted by molar-refractivity contribution is 0.435. The average molecular weight is 308 g/mol. The molecule has 120 valence electrons. The van der Waals surface area contributed by atoms with Crippen molar-refractivity contribution >= 4 is 0 Å². The number of rotatable bonds is 6. The van der Waals surface area contributed by atoms with Crippen LogP contribution in [0, 0.1) is 0 Å². The normalized spacial score (nSPS) is 11.2. The highest BCUT2D eigenvalue weighted by Crippen LogP contribution is 2.41. The zero-order chi connectivity index (χ0) is 17.0. The molecule has 2 rings (SSSR count). The molecular formula is C21H24O2. The zero-order valence-corrected chi connectivity index (χ0v) is 13.8. The van der Waals surface area contributed by atoms with E-state index in [2.05, 4.69) is 13.2 Å². The predicted molar refractivity (Wildman–Crippen MR) is 96.1 cm³/mol. The molecule has 0 saturated heterocycles. The standard InChI is InChI=1S/C21H24O2/c1-5-7-15-9-11-17(19(22)13-15)21(3,4)18-12-10-16(8-6-2)14-20(18)23/h5-6,9-14,22-23H,1-2,7-8H2,3-4H3. The summed E-state index contributed by atoms with van der Waals surface area (Å²) >= 11 is 0. The lowest BCUT2D eigenvalue weighted by atomic mass is 9.76. The summed E-state index contributed by atoms with van der Waals surface area (Å²) in [6.07, 6.45) is 5.05. The van der Waals surface area contributed by atoms with E-state index in [4.69, 9.17) is 0 Å². The fraction of sp³-hybridized carbons (Fsp3) is 0.238. The van der Waals surface area contributed by atoms with E-state index in [1.165, 1.54) is 0 Å². The largest absolute Gasteiger partial charge is 0.508 e. The Bertz CT molecular complexity index is 665. The molecule has 23 heavy (non-hydrogen) atoms. The maximum atomic E-state index is 10.4. The van der Waals surface area contributed by atoms with Gasteiger partial charge in [-0.15, -0.1) is 13.2 Å². The quantitative estimate of drug-likeness (QED) is 0.747. The van der Waals surface area contributed by atoms with Crippen molar-refractivity contribution in [2.75, 3.05) is 0 Å². The third kappa shape index (κ3) is 3.48. The lowest BCUT2D eigenvalue weighted by Gasteiger charge is -2.28. The molecule has 0 amide bonds. The zero-order valence-electron chi connectivity index (χ0n) is 13.8. The van der Waals surface area contributed by atoms with E-state index in [0.717, 1.165) is 35.1 Å². The Hall–Kier alpha value is -2.48. The van der Waals surface area contributed by atoms with E-state index >= 15 is 0 Å². The van der Waals surface area contributed by atoms with E-state index in [1.807, 2.05) is 50.3 Å². The van der Waals surface area contributed by atoms with Gasteiger partial charge >= 0.3 is 0 Å². The Balaban J connectivity index is 2.45. The Kier molecular flexibility index (Phi) is 4.95. The maximum absolute atomic E-state index is 10.4. The molecule has 0 fully saturated rings. The van der Waals surface area contributed by atoms with Crippen LogP contribution in [0.1, 0.15) is 36.1 Å². The molecule has 0 heterocycles. The first-order chi connectivity index (χ1) is 10.9. The summed E-state index contributed by atoms with van der Waals surface area (Å²) in [5.74, 6) is 0.479. The van der Waals surface area contributed by atoms with E-state index in [-0.39, 0.29) is 11.5 Å². The third-order valence-electron chi connectivity index (χ3n) is 4.23. The van der Waals surface area contributed by atoms with Crippen LogP contribution in [0.3, 0.4) is 0 Å². The van der Waals surface area contributed by atoms with Crippen LogP contribution in [0.15, 0.2) is 61.7 Å². The molecule has 0 radical (unpaired) electrons. The number of allylic oxidation sites excluding steroid dienone is 2. The summed E-state index contributed by atoms with van der Waals surface area (Å²) in [6.45, 7) is 11.4. The van der Waals surface area contributed by atoms with Crippen molar-refractivity contribution < 1.29 is 10.2 Å². The van der Waals surface area contributed by atoms with Gasteiger partial charge in [-0.05, 0) is 36.1 Å². The van der Waals surface area contributed by atoms with Gasteiger partial charge in [-0.2, -0.15) is 0 Å². The van der Waals surface area contributed by atoms with Gasteiger partial charge in [0.15, 0.2) is 0 Å². The highest BCUT2D eigenvalue weighted by Gasteiger charge is 2.29. The minimum Gasteiger partial charge on any atom is -0.508 e. The fourth-order valence-electron chi connectivity index (χ4n) is 2.94. The molecule has 2 heteroatoms. The molecule has 2 aromatic carbocycles. The molecule has 0 bridgehead atoms. The molecule has 0 saturated carbocycles. The van der Waals surface area contributed by atoms with Crippen LogP contribution in [0.2, 0.25) is 0 Å². The molecule has 0 aromatic heterocycles. The summed E-state index contributed by atoms with van der Waals surface area (Å²) in [5, 5.41) is 20.8. The van der Waals surface area contributed by atoms with Gasteiger partial charge in [-0.3, -0.25) is 0 Å². The van der Waals surface area contributed by atoms with Gasteiger partial charge < -0.3 is 10.2 Å². The van der Waals surface area contributed by atoms with Crippen molar-refractivity contribution in [2.24, 2.45) is 0 Å². The van der Waals surface area contributed by atoms with Crippen LogP contribution >= 0.6 is 0 Å². The van der Waals surface area contributed by atoms with Crippen molar-refractivity contribution in [3.8, 4) is 11.5 Å². The average Bonchev–Trinajstić information content (AvgIpc) is 2.47. The molecule has 2 aromatic rings. The Labute approximate surface area is 138 Å². The van der Waals surface area contributed by atoms with Gasteiger partial charge in [0.2, 0.25) is 0 Å². The van der Waals surface area contributed by atoms with Crippen molar-refractivity contribution in [1.82, 2.24) is 0 Å². The van der Waals surface area contributed by atoms with Crippen LogP contribution in [0.25, 0.3) is 0 Å². The van der Waals surface area contributed by atoms with Crippen molar-refractivity contribution in [3.05, 3.63) is 84.0 Å². The van der Waals surface area contributed by atoms with Crippen molar-refractivity contribution in [3.63, 3.8) is 0 Å². The molecule has 0 unspecified atom stereocenters. The maximum Gasteiger partial charge on any atom is 0.119 e. The van der Waals surface area contributed by atoms with Crippen molar-refractivity contribution in [2.45, 2.75) is 32.1 Å².